The fraction of sp³-hybridized carbons (Fsp3) is 1.00. The molecule has 0 bridgehead atoms. The Morgan fingerprint density at radius 2 is 1.76 bits per heavy atom. The SMILES string of the molecule is CC(C)NCC1CCN(S(=O)(=O)N2CCCSCC2)CC1. The van der Waals surface area contributed by atoms with Crippen molar-refractivity contribution in [2.75, 3.05) is 44.2 Å². The summed E-state index contributed by atoms with van der Waals surface area (Å²) >= 11 is 1.86. The van der Waals surface area contributed by atoms with E-state index < -0.39 is 10.2 Å². The van der Waals surface area contributed by atoms with Crippen molar-refractivity contribution in [3.63, 3.8) is 0 Å². The zero-order valence-corrected chi connectivity index (χ0v) is 14.9. The van der Waals surface area contributed by atoms with Gasteiger partial charge in [-0.15, -0.1) is 0 Å². The summed E-state index contributed by atoms with van der Waals surface area (Å²) in [6.07, 6.45) is 2.92. The average Bonchev–Trinajstić information content (AvgIpc) is 2.75. The number of hydrogen-bond acceptors (Lipinski definition) is 4. The Labute approximate surface area is 134 Å². The van der Waals surface area contributed by atoms with Gasteiger partial charge in [-0.1, -0.05) is 13.8 Å². The molecule has 2 fully saturated rings. The molecule has 124 valence electrons. The van der Waals surface area contributed by atoms with Gasteiger partial charge in [0.15, 0.2) is 0 Å². The van der Waals surface area contributed by atoms with Crippen molar-refractivity contribution in [3.8, 4) is 0 Å². The van der Waals surface area contributed by atoms with Gasteiger partial charge < -0.3 is 5.32 Å². The molecule has 0 aromatic rings. The van der Waals surface area contributed by atoms with Gasteiger partial charge >= 0.3 is 0 Å². The predicted molar refractivity (Wildman–Crippen MR) is 89.9 cm³/mol. The molecule has 2 rings (SSSR count). The molecule has 0 amide bonds. The second-order valence-electron chi connectivity index (χ2n) is 6.28. The van der Waals surface area contributed by atoms with Gasteiger partial charge in [0, 0.05) is 38.0 Å². The van der Waals surface area contributed by atoms with Crippen LogP contribution in [0, 0.1) is 5.92 Å². The molecule has 7 heteroatoms. The normalized spacial score (nSPS) is 24.3. The molecule has 0 aromatic carbocycles. The molecule has 5 nitrogen and oxygen atoms in total. The van der Waals surface area contributed by atoms with Crippen molar-refractivity contribution in [2.24, 2.45) is 5.92 Å². The number of thioether (sulfide) groups is 1. The summed E-state index contributed by atoms with van der Waals surface area (Å²) < 4.78 is 28.8. The third kappa shape index (κ3) is 5.10. The maximum atomic E-state index is 12.7. The van der Waals surface area contributed by atoms with E-state index in [0.717, 1.165) is 37.3 Å². The summed E-state index contributed by atoms with van der Waals surface area (Å²) in [6.45, 7) is 8.01. The highest BCUT2D eigenvalue weighted by Gasteiger charge is 2.32. The van der Waals surface area contributed by atoms with Crippen LogP contribution in [0.4, 0.5) is 0 Å². The van der Waals surface area contributed by atoms with Crippen molar-refractivity contribution < 1.29 is 8.42 Å². The zero-order valence-electron chi connectivity index (χ0n) is 13.3. The van der Waals surface area contributed by atoms with Crippen LogP contribution in [0.1, 0.15) is 33.1 Å². The van der Waals surface area contributed by atoms with Crippen LogP contribution in [0.25, 0.3) is 0 Å². The molecule has 21 heavy (non-hydrogen) atoms. The number of hydrogen-bond donors (Lipinski definition) is 1. The number of nitrogens with zero attached hydrogens (tertiary/aromatic N) is 2. The number of piperidine rings is 1. The molecule has 0 unspecified atom stereocenters. The molecule has 0 atom stereocenters. The van der Waals surface area contributed by atoms with Crippen LogP contribution in [-0.2, 0) is 10.2 Å². The third-order valence-electron chi connectivity index (χ3n) is 4.22. The monoisotopic (exact) mass is 335 g/mol. The van der Waals surface area contributed by atoms with E-state index in [0.29, 0.717) is 38.1 Å². The van der Waals surface area contributed by atoms with Crippen LogP contribution >= 0.6 is 11.8 Å². The van der Waals surface area contributed by atoms with Crippen molar-refractivity contribution in [3.05, 3.63) is 0 Å². The van der Waals surface area contributed by atoms with Gasteiger partial charge in [-0.2, -0.15) is 28.8 Å². The fourth-order valence-electron chi connectivity index (χ4n) is 2.86. The maximum Gasteiger partial charge on any atom is 0.282 e. The van der Waals surface area contributed by atoms with Crippen LogP contribution in [0.15, 0.2) is 0 Å². The molecule has 0 radical (unpaired) electrons. The molecule has 0 aliphatic carbocycles. The summed E-state index contributed by atoms with van der Waals surface area (Å²) in [4.78, 5) is 0. The second kappa shape index (κ2) is 8.15. The van der Waals surface area contributed by atoms with E-state index >= 15 is 0 Å². The van der Waals surface area contributed by atoms with E-state index in [-0.39, 0.29) is 0 Å². The molecule has 2 heterocycles. The lowest BCUT2D eigenvalue weighted by Gasteiger charge is -2.34. The molecular formula is C14H29N3O2S2. The van der Waals surface area contributed by atoms with Crippen molar-refractivity contribution in [2.45, 2.75) is 39.2 Å². The van der Waals surface area contributed by atoms with E-state index in [4.69, 9.17) is 0 Å². The average molecular weight is 336 g/mol. The van der Waals surface area contributed by atoms with Gasteiger partial charge in [0.2, 0.25) is 0 Å². The van der Waals surface area contributed by atoms with Gasteiger partial charge in [0.25, 0.3) is 10.2 Å². The first-order chi connectivity index (χ1) is 10.00. The molecule has 2 aliphatic heterocycles. The minimum atomic E-state index is -3.23. The quantitative estimate of drug-likeness (QED) is 0.825. The summed E-state index contributed by atoms with van der Waals surface area (Å²) in [5.41, 5.74) is 0. The Bertz CT molecular complexity index is 398. The van der Waals surface area contributed by atoms with Crippen molar-refractivity contribution in [1.29, 1.82) is 0 Å². The van der Waals surface area contributed by atoms with E-state index in [1.54, 1.807) is 8.61 Å². The van der Waals surface area contributed by atoms with E-state index in [2.05, 4.69) is 19.2 Å². The Kier molecular flexibility index (Phi) is 6.80. The Balaban J connectivity index is 1.85. The van der Waals surface area contributed by atoms with Gasteiger partial charge in [-0.25, -0.2) is 0 Å². The van der Waals surface area contributed by atoms with Crippen LogP contribution in [0.2, 0.25) is 0 Å². The van der Waals surface area contributed by atoms with E-state index in [1.807, 2.05) is 11.8 Å². The molecule has 0 spiro atoms. The highest BCUT2D eigenvalue weighted by Crippen LogP contribution is 2.22. The molecule has 2 aliphatic rings. The van der Waals surface area contributed by atoms with Crippen molar-refractivity contribution in [1.82, 2.24) is 13.9 Å². The molecule has 1 N–H and O–H groups in total. The first-order valence-corrected chi connectivity index (χ1v) is 10.6. The Morgan fingerprint density at radius 3 is 2.43 bits per heavy atom. The summed E-state index contributed by atoms with van der Waals surface area (Å²) in [5, 5.41) is 3.46. The van der Waals surface area contributed by atoms with Crippen LogP contribution in [0.3, 0.4) is 0 Å². The maximum absolute atomic E-state index is 12.7. The van der Waals surface area contributed by atoms with Gasteiger partial charge in [-0.3, -0.25) is 0 Å². The number of nitrogens with one attached hydrogen (secondary N) is 1. The first-order valence-electron chi connectivity index (χ1n) is 8.06. The Hall–Kier alpha value is 0.180. The summed E-state index contributed by atoms with van der Waals surface area (Å²) in [5.74, 6) is 2.61. The fourth-order valence-corrected chi connectivity index (χ4v) is 5.55. The molecule has 0 aromatic heterocycles. The minimum absolute atomic E-state index is 0.501. The number of rotatable bonds is 5. The largest absolute Gasteiger partial charge is 0.314 e. The van der Waals surface area contributed by atoms with Crippen LogP contribution in [0.5, 0.6) is 0 Å². The van der Waals surface area contributed by atoms with Crippen LogP contribution < -0.4 is 5.32 Å². The lowest BCUT2D eigenvalue weighted by Crippen LogP contribution is -2.48. The lowest BCUT2D eigenvalue weighted by molar-refractivity contribution is 0.248. The van der Waals surface area contributed by atoms with Gasteiger partial charge in [-0.05, 0) is 37.5 Å². The van der Waals surface area contributed by atoms with Crippen molar-refractivity contribution >= 4 is 22.0 Å². The standard InChI is InChI=1S/C14H29N3O2S2/c1-13(2)15-12-14-4-7-17(8-5-14)21(18,19)16-6-3-10-20-11-9-16/h13-15H,3-12H2,1-2H3. The zero-order chi connectivity index (χ0) is 15.3. The van der Waals surface area contributed by atoms with Gasteiger partial charge in [0.05, 0.1) is 0 Å². The van der Waals surface area contributed by atoms with E-state index in [1.165, 1.54) is 0 Å². The highest BCUT2D eigenvalue weighted by atomic mass is 32.2. The molecule has 2 saturated heterocycles. The first kappa shape index (κ1) is 17.5. The van der Waals surface area contributed by atoms with Crippen LogP contribution in [-0.4, -0.2) is 67.3 Å². The highest BCUT2D eigenvalue weighted by molar-refractivity contribution is 7.99. The predicted octanol–water partition coefficient (Wildman–Crippen LogP) is 1.38. The molecular weight excluding hydrogens is 306 g/mol. The smallest absolute Gasteiger partial charge is 0.282 e. The molecule has 0 saturated carbocycles. The second-order valence-corrected chi connectivity index (χ2v) is 9.43. The minimum Gasteiger partial charge on any atom is -0.314 e. The summed E-state index contributed by atoms with van der Waals surface area (Å²) in [6, 6.07) is 0.501. The summed E-state index contributed by atoms with van der Waals surface area (Å²) in [7, 11) is -3.23. The van der Waals surface area contributed by atoms with E-state index in [9.17, 15) is 8.42 Å². The van der Waals surface area contributed by atoms with Gasteiger partial charge in [0.1, 0.15) is 0 Å². The lowest BCUT2D eigenvalue weighted by atomic mass is 9.98. The third-order valence-corrected chi connectivity index (χ3v) is 7.31. The Morgan fingerprint density at radius 1 is 1.10 bits per heavy atom. The topological polar surface area (TPSA) is 52.7 Å².